The lowest BCUT2D eigenvalue weighted by Gasteiger charge is -2.32. The zero-order chi connectivity index (χ0) is 19.1. The molecule has 1 aliphatic heterocycles. The molecule has 0 aromatic heterocycles. The number of carbonyl (C=O) groups is 2. The average molecular weight is 387 g/mol. The number of nitrogens with zero attached hydrogens (tertiary/aromatic N) is 1. The molecule has 142 valence electrons. The molecular weight excluding hydrogens is 364 g/mol. The molecule has 1 aliphatic rings. The van der Waals surface area contributed by atoms with E-state index in [9.17, 15) is 9.59 Å². The molecule has 2 aromatic rings. The maximum absolute atomic E-state index is 12.3. The first-order chi connectivity index (χ1) is 13.1. The van der Waals surface area contributed by atoms with Crippen molar-refractivity contribution in [3.63, 3.8) is 0 Å². The van der Waals surface area contributed by atoms with Crippen LogP contribution in [0.2, 0.25) is 5.02 Å². The number of halogens is 1. The van der Waals surface area contributed by atoms with Gasteiger partial charge in [0.2, 0.25) is 0 Å². The summed E-state index contributed by atoms with van der Waals surface area (Å²) in [5.41, 5.74) is 0.563. The Morgan fingerprint density at radius 1 is 1.07 bits per heavy atom. The molecule has 1 heterocycles. The summed E-state index contributed by atoms with van der Waals surface area (Å²) < 4.78 is 5.53. The second-order valence-electron chi connectivity index (χ2n) is 6.65. The second-order valence-corrected chi connectivity index (χ2v) is 7.08. The molecule has 0 unspecified atom stereocenters. The lowest BCUT2D eigenvalue weighted by molar-refractivity contribution is -0.134. The fraction of sp³-hybridized carbons (Fsp3) is 0.333. The topological polar surface area (TPSA) is 58.6 Å². The molecule has 0 bridgehead atoms. The Morgan fingerprint density at radius 3 is 2.52 bits per heavy atom. The first kappa shape index (κ1) is 19.2. The van der Waals surface area contributed by atoms with Gasteiger partial charge in [-0.15, -0.1) is 0 Å². The van der Waals surface area contributed by atoms with Gasteiger partial charge < -0.3 is 15.0 Å². The van der Waals surface area contributed by atoms with E-state index in [1.165, 1.54) is 0 Å². The molecule has 1 saturated heterocycles. The van der Waals surface area contributed by atoms with Crippen LogP contribution in [-0.2, 0) is 4.79 Å². The van der Waals surface area contributed by atoms with Gasteiger partial charge in [-0.2, -0.15) is 0 Å². The highest BCUT2D eigenvalue weighted by atomic mass is 35.5. The summed E-state index contributed by atoms with van der Waals surface area (Å²) in [5, 5.41) is 3.51. The lowest BCUT2D eigenvalue weighted by atomic mass is 9.96. The monoisotopic (exact) mass is 386 g/mol. The molecule has 0 aliphatic carbocycles. The van der Waals surface area contributed by atoms with E-state index < -0.39 is 0 Å². The van der Waals surface area contributed by atoms with Crippen LogP contribution in [0.4, 0.5) is 0 Å². The van der Waals surface area contributed by atoms with Crippen LogP contribution in [0.25, 0.3) is 0 Å². The molecule has 3 rings (SSSR count). The van der Waals surface area contributed by atoms with E-state index in [0.717, 1.165) is 12.8 Å². The molecule has 6 heteroatoms. The SMILES string of the molecule is O=C(NCC1CCN(C(=O)COc2ccccc2)CC1)c1cccc(Cl)c1. The van der Waals surface area contributed by atoms with E-state index in [2.05, 4.69) is 5.32 Å². The quantitative estimate of drug-likeness (QED) is 0.827. The third-order valence-electron chi connectivity index (χ3n) is 4.71. The van der Waals surface area contributed by atoms with Gasteiger partial charge in [0.25, 0.3) is 11.8 Å². The number of piperidine rings is 1. The van der Waals surface area contributed by atoms with Gasteiger partial charge in [0.1, 0.15) is 5.75 Å². The maximum atomic E-state index is 12.3. The molecule has 5 nitrogen and oxygen atoms in total. The highest BCUT2D eigenvalue weighted by Crippen LogP contribution is 2.18. The molecule has 0 radical (unpaired) electrons. The predicted molar refractivity (Wildman–Crippen MR) is 105 cm³/mol. The number of amides is 2. The van der Waals surface area contributed by atoms with Gasteiger partial charge in [-0.1, -0.05) is 35.9 Å². The van der Waals surface area contributed by atoms with Crippen LogP contribution in [0.5, 0.6) is 5.75 Å². The third kappa shape index (κ3) is 5.73. The van der Waals surface area contributed by atoms with Crippen molar-refractivity contribution >= 4 is 23.4 Å². The van der Waals surface area contributed by atoms with Crippen molar-refractivity contribution in [1.29, 1.82) is 0 Å². The van der Waals surface area contributed by atoms with Gasteiger partial charge in [-0.05, 0) is 49.1 Å². The minimum absolute atomic E-state index is 0.000246. The van der Waals surface area contributed by atoms with Crippen molar-refractivity contribution in [3.8, 4) is 5.75 Å². The van der Waals surface area contributed by atoms with Gasteiger partial charge in [0, 0.05) is 30.2 Å². The summed E-state index contributed by atoms with van der Waals surface area (Å²) in [5.74, 6) is 0.948. The van der Waals surface area contributed by atoms with Gasteiger partial charge in [-0.3, -0.25) is 9.59 Å². The fourth-order valence-electron chi connectivity index (χ4n) is 3.11. The van der Waals surface area contributed by atoms with E-state index in [1.54, 1.807) is 24.3 Å². The predicted octanol–water partition coefficient (Wildman–Crippen LogP) is 3.39. The van der Waals surface area contributed by atoms with Crippen molar-refractivity contribution in [2.24, 2.45) is 5.92 Å². The Kier molecular flexibility index (Phi) is 6.71. The summed E-state index contributed by atoms with van der Waals surface area (Å²) in [4.78, 5) is 26.3. The first-order valence-electron chi connectivity index (χ1n) is 9.11. The van der Waals surface area contributed by atoms with E-state index in [0.29, 0.717) is 41.9 Å². The number of ether oxygens (including phenoxy) is 1. The minimum Gasteiger partial charge on any atom is -0.484 e. The van der Waals surface area contributed by atoms with Gasteiger partial charge >= 0.3 is 0 Å². The zero-order valence-electron chi connectivity index (χ0n) is 15.1. The lowest BCUT2D eigenvalue weighted by Crippen LogP contribution is -2.43. The molecule has 0 atom stereocenters. The van der Waals surface area contributed by atoms with Crippen LogP contribution in [0, 0.1) is 5.92 Å². The summed E-state index contributed by atoms with van der Waals surface area (Å²) >= 11 is 5.92. The zero-order valence-corrected chi connectivity index (χ0v) is 15.8. The minimum atomic E-state index is -0.118. The normalized spacial score (nSPS) is 14.6. The number of hydrogen-bond donors (Lipinski definition) is 1. The maximum Gasteiger partial charge on any atom is 0.260 e. The number of benzene rings is 2. The molecule has 0 spiro atoms. The molecule has 1 N–H and O–H groups in total. The molecule has 27 heavy (non-hydrogen) atoms. The van der Waals surface area contributed by atoms with Gasteiger partial charge in [-0.25, -0.2) is 0 Å². The van der Waals surface area contributed by atoms with Crippen LogP contribution >= 0.6 is 11.6 Å². The Bertz CT molecular complexity index is 774. The van der Waals surface area contributed by atoms with Crippen molar-refractivity contribution in [1.82, 2.24) is 10.2 Å². The second kappa shape index (κ2) is 9.42. The summed E-state index contributed by atoms with van der Waals surface area (Å²) in [6, 6.07) is 16.2. The highest BCUT2D eigenvalue weighted by molar-refractivity contribution is 6.30. The molecular formula is C21H23ClN2O3. The number of para-hydroxylation sites is 1. The van der Waals surface area contributed by atoms with E-state index >= 15 is 0 Å². The largest absolute Gasteiger partial charge is 0.484 e. The molecule has 0 saturated carbocycles. The summed E-state index contributed by atoms with van der Waals surface area (Å²) in [7, 11) is 0. The number of carbonyl (C=O) groups excluding carboxylic acids is 2. The average Bonchev–Trinajstić information content (AvgIpc) is 2.71. The standard InChI is InChI=1S/C21H23ClN2O3/c22-18-6-4-5-17(13-18)21(26)23-14-16-9-11-24(12-10-16)20(25)15-27-19-7-2-1-3-8-19/h1-8,13,16H,9-12,14-15H2,(H,23,26). The van der Waals surface area contributed by atoms with Crippen molar-refractivity contribution in [2.45, 2.75) is 12.8 Å². The Hall–Kier alpha value is -2.53. The first-order valence-corrected chi connectivity index (χ1v) is 9.49. The van der Waals surface area contributed by atoms with Gasteiger partial charge in [0.05, 0.1) is 0 Å². The van der Waals surface area contributed by atoms with Crippen molar-refractivity contribution in [3.05, 3.63) is 65.2 Å². The van der Waals surface area contributed by atoms with E-state index in [-0.39, 0.29) is 18.4 Å². The number of likely N-dealkylation sites (tertiary alicyclic amines) is 1. The summed E-state index contributed by atoms with van der Waals surface area (Å²) in [6.07, 6.45) is 1.74. The molecule has 1 fully saturated rings. The number of rotatable bonds is 6. The Balaban J connectivity index is 1.38. The van der Waals surface area contributed by atoms with Crippen LogP contribution in [0.3, 0.4) is 0 Å². The van der Waals surface area contributed by atoms with E-state index in [1.807, 2.05) is 35.2 Å². The van der Waals surface area contributed by atoms with Crippen LogP contribution < -0.4 is 10.1 Å². The molecule has 2 aromatic carbocycles. The summed E-state index contributed by atoms with van der Waals surface area (Å²) in [6.45, 7) is 2.04. The van der Waals surface area contributed by atoms with Crippen molar-refractivity contribution in [2.75, 3.05) is 26.2 Å². The number of nitrogens with one attached hydrogen (secondary N) is 1. The van der Waals surface area contributed by atoms with Crippen LogP contribution in [0.15, 0.2) is 54.6 Å². The highest BCUT2D eigenvalue weighted by Gasteiger charge is 2.23. The molecule has 2 amide bonds. The third-order valence-corrected chi connectivity index (χ3v) is 4.95. The van der Waals surface area contributed by atoms with E-state index in [4.69, 9.17) is 16.3 Å². The van der Waals surface area contributed by atoms with Gasteiger partial charge in [0.15, 0.2) is 6.61 Å². The fourth-order valence-corrected chi connectivity index (χ4v) is 3.30. The number of hydrogen-bond acceptors (Lipinski definition) is 3. The van der Waals surface area contributed by atoms with Crippen LogP contribution in [-0.4, -0.2) is 43.0 Å². The Labute approximate surface area is 164 Å². The van der Waals surface area contributed by atoms with Crippen molar-refractivity contribution < 1.29 is 14.3 Å². The smallest absolute Gasteiger partial charge is 0.260 e. The Morgan fingerprint density at radius 2 is 1.81 bits per heavy atom. The van der Waals surface area contributed by atoms with Crippen LogP contribution in [0.1, 0.15) is 23.2 Å².